The molecule has 0 aromatic heterocycles. The summed E-state index contributed by atoms with van der Waals surface area (Å²) in [5, 5.41) is 9.47. The van der Waals surface area contributed by atoms with Gasteiger partial charge in [-0.1, -0.05) is 32.1 Å². The third-order valence-corrected chi connectivity index (χ3v) is 4.77. The number of hydrogen-bond acceptors (Lipinski definition) is 3. The molecule has 5 nitrogen and oxygen atoms in total. The maximum absolute atomic E-state index is 12.2. The Morgan fingerprint density at radius 1 is 1.14 bits per heavy atom. The monoisotopic (exact) mass is 311 g/mol. The minimum Gasteiger partial charge on any atom is -0.481 e. The van der Waals surface area contributed by atoms with E-state index in [9.17, 15) is 14.7 Å². The van der Waals surface area contributed by atoms with E-state index in [-0.39, 0.29) is 18.6 Å². The fraction of sp³-hybridized carbons (Fsp3) is 0.882. The van der Waals surface area contributed by atoms with Crippen molar-refractivity contribution in [1.29, 1.82) is 0 Å². The van der Waals surface area contributed by atoms with E-state index in [0.717, 1.165) is 6.42 Å². The molecule has 0 aromatic rings. The zero-order valence-electron chi connectivity index (χ0n) is 14.0. The van der Waals surface area contributed by atoms with Gasteiger partial charge in [0.15, 0.2) is 0 Å². The Hall–Kier alpha value is -1.26. The highest BCUT2D eigenvalue weighted by molar-refractivity contribution is 5.74. The topological polar surface area (TPSA) is 66.8 Å². The summed E-state index contributed by atoms with van der Waals surface area (Å²) < 4.78 is 5.38. The summed E-state index contributed by atoms with van der Waals surface area (Å²) in [6.07, 6.45) is 6.76. The molecule has 0 unspecified atom stereocenters. The number of carboxylic acids is 1. The van der Waals surface area contributed by atoms with Crippen molar-refractivity contribution in [3.63, 3.8) is 0 Å². The molecule has 0 spiro atoms. The quantitative estimate of drug-likeness (QED) is 0.866. The number of ether oxygens (including phenoxy) is 1. The van der Waals surface area contributed by atoms with Crippen molar-refractivity contribution in [2.75, 3.05) is 13.1 Å². The van der Waals surface area contributed by atoms with Crippen molar-refractivity contribution in [3.05, 3.63) is 0 Å². The van der Waals surface area contributed by atoms with Crippen LogP contribution in [-0.2, 0) is 9.53 Å². The lowest BCUT2D eigenvalue weighted by atomic mass is 9.80. The van der Waals surface area contributed by atoms with Gasteiger partial charge in [-0.25, -0.2) is 4.79 Å². The van der Waals surface area contributed by atoms with E-state index in [2.05, 4.69) is 0 Å². The van der Waals surface area contributed by atoms with Gasteiger partial charge in [0.1, 0.15) is 5.60 Å². The number of rotatable bonds is 3. The standard InChI is InChI=1S/C17H29NO4/c1-17(2,3)22-16(21)18-10-13(14(11-18)15(19)20)9-12-7-5-4-6-8-12/h12-14H,4-11H2,1-3H3,(H,19,20)/t13-,14-/m0/s1. The normalized spacial score (nSPS) is 27.0. The molecule has 1 heterocycles. The predicted molar refractivity (Wildman–Crippen MR) is 83.6 cm³/mol. The number of carbonyl (C=O) groups excluding carboxylic acids is 1. The van der Waals surface area contributed by atoms with Gasteiger partial charge in [0.2, 0.25) is 0 Å². The maximum Gasteiger partial charge on any atom is 0.410 e. The van der Waals surface area contributed by atoms with E-state index in [4.69, 9.17) is 4.74 Å². The summed E-state index contributed by atoms with van der Waals surface area (Å²) in [4.78, 5) is 25.3. The van der Waals surface area contributed by atoms with Gasteiger partial charge in [-0.3, -0.25) is 4.79 Å². The molecule has 0 bridgehead atoms. The van der Waals surface area contributed by atoms with Gasteiger partial charge in [0.25, 0.3) is 0 Å². The van der Waals surface area contributed by atoms with Crippen LogP contribution in [0.3, 0.4) is 0 Å². The number of nitrogens with zero attached hydrogens (tertiary/aromatic N) is 1. The van der Waals surface area contributed by atoms with Crippen molar-refractivity contribution in [2.24, 2.45) is 17.8 Å². The molecule has 126 valence electrons. The summed E-state index contributed by atoms with van der Waals surface area (Å²) in [7, 11) is 0. The second kappa shape index (κ2) is 6.88. The number of aliphatic carboxylic acids is 1. The summed E-state index contributed by atoms with van der Waals surface area (Å²) in [6, 6.07) is 0. The van der Waals surface area contributed by atoms with Gasteiger partial charge in [-0.2, -0.15) is 0 Å². The maximum atomic E-state index is 12.2. The molecule has 1 aliphatic carbocycles. The number of carboxylic acid groups (broad SMARTS) is 1. The van der Waals surface area contributed by atoms with Crippen LogP contribution in [0.25, 0.3) is 0 Å². The highest BCUT2D eigenvalue weighted by Gasteiger charge is 2.41. The van der Waals surface area contributed by atoms with Crippen LogP contribution in [0.5, 0.6) is 0 Å². The zero-order chi connectivity index (χ0) is 16.3. The van der Waals surface area contributed by atoms with Crippen LogP contribution in [-0.4, -0.2) is 40.8 Å². The lowest BCUT2D eigenvalue weighted by molar-refractivity contribution is -0.142. The van der Waals surface area contributed by atoms with Crippen LogP contribution in [0.15, 0.2) is 0 Å². The third kappa shape index (κ3) is 4.62. The van der Waals surface area contributed by atoms with Crippen LogP contribution >= 0.6 is 0 Å². The highest BCUT2D eigenvalue weighted by Crippen LogP contribution is 2.35. The highest BCUT2D eigenvalue weighted by atomic mass is 16.6. The number of hydrogen-bond donors (Lipinski definition) is 1. The molecule has 1 aliphatic heterocycles. The first-order valence-corrected chi connectivity index (χ1v) is 8.47. The van der Waals surface area contributed by atoms with Gasteiger partial charge >= 0.3 is 12.1 Å². The molecule has 1 N–H and O–H groups in total. The molecule has 5 heteroatoms. The Bertz CT molecular complexity index is 409. The molecular weight excluding hydrogens is 282 g/mol. The summed E-state index contributed by atoms with van der Waals surface area (Å²) >= 11 is 0. The van der Waals surface area contributed by atoms with Crippen molar-refractivity contribution in [2.45, 2.75) is 64.9 Å². The minimum atomic E-state index is -0.785. The molecule has 1 saturated carbocycles. The lowest BCUT2D eigenvalue weighted by Gasteiger charge is -2.26. The second-order valence-electron chi connectivity index (χ2n) is 7.83. The van der Waals surface area contributed by atoms with E-state index in [1.54, 1.807) is 4.90 Å². The average molecular weight is 311 g/mol. The Kier molecular flexibility index (Phi) is 5.35. The molecule has 22 heavy (non-hydrogen) atoms. The first kappa shape index (κ1) is 17.1. The zero-order valence-corrected chi connectivity index (χ0v) is 14.0. The molecule has 1 saturated heterocycles. The Morgan fingerprint density at radius 2 is 1.77 bits per heavy atom. The number of carbonyl (C=O) groups is 2. The van der Waals surface area contributed by atoms with Crippen LogP contribution in [0.2, 0.25) is 0 Å². The first-order valence-electron chi connectivity index (χ1n) is 8.47. The molecular formula is C17H29NO4. The number of amides is 1. The molecule has 2 atom stereocenters. The summed E-state index contributed by atoms with van der Waals surface area (Å²) in [5.74, 6) is -0.548. The first-order chi connectivity index (χ1) is 10.3. The van der Waals surface area contributed by atoms with Gasteiger partial charge in [-0.05, 0) is 39.0 Å². The molecule has 2 rings (SSSR count). The van der Waals surface area contributed by atoms with E-state index in [1.807, 2.05) is 20.8 Å². The van der Waals surface area contributed by atoms with Crippen molar-refractivity contribution < 1.29 is 19.4 Å². The van der Waals surface area contributed by atoms with Gasteiger partial charge in [-0.15, -0.1) is 0 Å². The van der Waals surface area contributed by atoms with Crippen LogP contribution in [0.1, 0.15) is 59.3 Å². The SMILES string of the molecule is CC(C)(C)OC(=O)N1C[C@H](CC2CCCCC2)[C@@H](C(=O)O)C1. The van der Waals surface area contributed by atoms with Crippen LogP contribution in [0.4, 0.5) is 4.79 Å². The fourth-order valence-corrected chi connectivity index (χ4v) is 3.72. The molecule has 1 amide bonds. The van der Waals surface area contributed by atoms with Gasteiger partial charge in [0, 0.05) is 13.1 Å². The fourth-order valence-electron chi connectivity index (χ4n) is 3.72. The molecule has 2 aliphatic rings. The Labute approximate surface area is 133 Å². The van der Waals surface area contributed by atoms with Crippen LogP contribution in [0, 0.1) is 17.8 Å². The molecule has 0 radical (unpaired) electrons. The van der Waals surface area contributed by atoms with Gasteiger partial charge in [0.05, 0.1) is 5.92 Å². The van der Waals surface area contributed by atoms with E-state index in [0.29, 0.717) is 12.5 Å². The van der Waals surface area contributed by atoms with E-state index >= 15 is 0 Å². The molecule has 2 fully saturated rings. The smallest absolute Gasteiger partial charge is 0.410 e. The van der Waals surface area contributed by atoms with Crippen LogP contribution < -0.4 is 0 Å². The summed E-state index contributed by atoms with van der Waals surface area (Å²) in [6.45, 7) is 6.28. The Balaban J connectivity index is 1.96. The van der Waals surface area contributed by atoms with E-state index in [1.165, 1.54) is 32.1 Å². The Morgan fingerprint density at radius 3 is 2.32 bits per heavy atom. The third-order valence-electron chi connectivity index (χ3n) is 4.77. The second-order valence-corrected chi connectivity index (χ2v) is 7.83. The largest absolute Gasteiger partial charge is 0.481 e. The minimum absolute atomic E-state index is 0.0631. The predicted octanol–water partition coefficient (Wildman–Crippen LogP) is 3.52. The summed E-state index contributed by atoms with van der Waals surface area (Å²) in [5.41, 5.74) is -0.544. The van der Waals surface area contributed by atoms with Crippen molar-refractivity contribution >= 4 is 12.1 Å². The number of likely N-dealkylation sites (tertiary alicyclic amines) is 1. The van der Waals surface area contributed by atoms with Gasteiger partial charge < -0.3 is 14.7 Å². The average Bonchev–Trinajstić information content (AvgIpc) is 2.82. The van der Waals surface area contributed by atoms with E-state index < -0.39 is 17.5 Å². The lowest BCUT2D eigenvalue weighted by Crippen LogP contribution is -2.36. The molecule has 0 aromatic carbocycles. The van der Waals surface area contributed by atoms with Crippen molar-refractivity contribution in [3.8, 4) is 0 Å². The van der Waals surface area contributed by atoms with Crippen molar-refractivity contribution in [1.82, 2.24) is 4.90 Å².